The third-order valence-corrected chi connectivity index (χ3v) is 4.08. The number of nitrogens with one attached hydrogen (secondary N) is 2. The minimum Gasteiger partial charge on any atom is -0.478 e. The van der Waals surface area contributed by atoms with Crippen molar-refractivity contribution in [1.82, 2.24) is 10.2 Å². The van der Waals surface area contributed by atoms with Crippen molar-refractivity contribution in [3.05, 3.63) is 76.0 Å². The monoisotopic (exact) mass is 383 g/mol. The number of aromatic amines is 1. The van der Waals surface area contributed by atoms with Crippen LogP contribution >= 0.6 is 11.6 Å². The number of hydrogen-bond donors (Lipinski definition) is 2. The van der Waals surface area contributed by atoms with Crippen LogP contribution < -0.4 is 15.6 Å². The van der Waals surface area contributed by atoms with Gasteiger partial charge in [-0.2, -0.15) is 5.10 Å². The Morgan fingerprint density at radius 3 is 2.52 bits per heavy atom. The lowest BCUT2D eigenvalue weighted by Gasteiger charge is -2.25. The fraction of sp³-hybridized carbons (Fsp3) is 0.150. The number of nitrogens with zero attached hydrogens (tertiary/aromatic N) is 1. The molecule has 0 saturated heterocycles. The van der Waals surface area contributed by atoms with E-state index < -0.39 is 5.60 Å². The maximum atomic E-state index is 12.7. The summed E-state index contributed by atoms with van der Waals surface area (Å²) in [6.07, 6.45) is 0. The number of benzene rings is 2. The first kappa shape index (κ1) is 18.7. The molecule has 0 saturated carbocycles. The number of carbonyl (C=O) groups is 1. The zero-order valence-corrected chi connectivity index (χ0v) is 15.6. The SMILES string of the molecule is CC(C)(Oc1ccc(Cl)cc1)C(=O)Nc1cccc(-c2ccc(=O)[nH]n2)c1. The van der Waals surface area contributed by atoms with Crippen molar-refractivity contribution < 1.29 is 9.53 Å². The van der Waals surface area contributed by atoms with Crippen molar-refractivity contribution in [3.8, 4) is 17.0 Å². The summed E-state index contributed by atoms with van der Waals surface area (Å²) in [5.74, 6) is 0.245. The molecular formula is C20H18ClN3O3. The van der Waals surface area contributed by atoms with E-state index in [9.17, 15) is 9.59 Å². The van der Waals surface area contributed by atoms with E-state index in [0.29, 0.717) is 22.2 Å². The van der Waals surface area contributed by atoms with Crippen LogP contribution in [0.15, 0.2) is 65.5 Å². The predicted octanol–water partition coefficient (Wildman–Crippen LogP) is 3.89. The van der Waals surface area contributed by atoms with Crippen LogP contribution in [0.2, 0.25) is 5.02 Å². The second-order valence-corrected chi connectivity index (χ2v) is 6.84. The first-order valence-electron chi connectivity index (χ1n) is 8.26. The van der Waals surface area contributed by atoms with Gasteiger partial charge in [0, 0.05) is 22.3 Å². The quantitative estimate of drug-likeness (QED) is 0.700. The van der Waals surface area contributed by atoms with E-state index >= 15 is 0 Å². The van der Waals surface area contributed by atoms with Crippen LogP contribution in [-0.4, -0.2) is 21.7 Å². The molecule has 27 heavy (non-hydrogen) atoms. The van der Waals surface area contributed by atoms with Gasteiger partial charge in [-0.15, -0.1) is 0 Å². The van der Waals surface area contributed by atoms with E-state index in [1.165, 1.54) is 6.07 Å². The van der Waals surface area contributed by atoms with Gasteiger partial charge in [-0.1, -0.05) is 23.7 Å². The highest BCUT2D eigenvalue weighted by Crippen LogP contribution is 2.24. The van der Waals surface area contributed by atoms with Crippen molar-refractivity contribution >= 4 is 23.2 Å². The summed E-state index contributed by atoms with van der Waals surface area (Å²) in [6.45, 7) is 3.37. The number of amides is 1. The van der Waals surface area contributed by atoms with Crippen LogP contribution in [0.3, 0.4) is 0 Å². The van der Waals surface area contributed by atoms with Gasteiger partial charge in [0.2, 0.25) is 0 Å². The van der Waals surface area contributed by atoms with Gasteiger partial charge in [0.25, 0.3) is 11.5 Å². The average molecular weight is 384 g/mol. The zero-order chi connectivity index (χ0) is 19.4. The van der Waals surface area contributed by atoms with Crippen LogP contribution in [0, 0.1) is 0 Å². The van der Waals surface area contributed by atoms with Gasteiger partial charge in [-0.25, -0.2) is 5.10 Å². The molecule has 1 aromatic heterocycles. The Labute approximate surface area is 161 Å². The van der Waals surface area contributed by atoms with Gasteiger partial charge in [0.15, 0.2) is 5.60 Å². The predicted molar refractivity (Wildman–Crippen MR) is 105 cm³/mol. The molecule has 7 heteroatoms. The first-order chi connectivity index (χ1) is 12.8. The molecule has 0 radical (unpaired) electrons. The topological polar surface area (TPSA) is 84.1 Å². The van der Waals surface area contributed by atoms with Crippen molar-refractivity contribution in [1.29, 1.82) is 0 Å². The van der Waals surface area contributed by atoms with Gasteiger partial charge < -0.3 is 10.1 Å². The Morgan fingerprint density at radius 2 is 1.85 bits per heavy atom. The molecule has 2 N–H and O–H groups in total. The number of aromatic nitrogens is 2. The van der Waals surface area contributed by atoms with Crippen LogP contribution in [-0.2, 0) is 4.79 Å². The highest BCUT2D eigenvalue weighted by Gasteiger charge is 2.30. The normalized spacial score (nSPS) is 11.1. The van der Waals surface area contributed by atoms with Crippen LogP contribution in [0.5, 0.6) is 5.75 Å². The van der Waals surface area contributed by atoms with E-state index in [1.54, 1.807) is 62.4 Å². The maximum Gasteiger partial charge on any atom is 0.267 e. The van der Waals surface area contributed by atoms with Crippen molar-refractivity contribution in [3.63, 3.8) is 0 Å². The summed E-state index contributed by atoms with van der Waals surface area (Å²) >= 11 is 5.87. The Kier molecular flexibility index (Phi) is 5.28. The summed E-state index contributed by atoms with van der Waals surface area (Å²) < 4.78 is 5.80. The summed E-state index contributed by atoms with van der Waals surface area (Å²) in [7, 11) is 0. The molecule has 1 heterocycles. The number of carbonyl (C=O) groups excluding carboxylic acids is 1. The van der Waals surface area contributed by atoms with Gasteiger partial charge in [0.1, 0.15) is 5.75 Å². The summed E-state index contributed by atoms with van der Waals surface area (Å²) in [4.78, 5) is 23.8. The number of anilines is 1. The zero-order valence-electron chi connectivity index (χ0n) is 14.8. The van der Waals surface area contributed by atoms with Crippen molar-refractivity contribution in [2.75, 3.05) is 5.32 Å². The van der Waals surface area contributed by atoms with E-state index in [4.69, 9.17) is 16.3 Å². The summed E-state index contributed by atoms with van der Waals surface area (Å²) in [5, 5.41) is 9.83. The Balaban J connectivity index is 1.74. The lowest BCUT2D eigenvalue weighted by Crippen LogP contribution is -2.42. The molecule has 3 rings (SSSR count). The second kappa shape index (κ2) is 7.63. The third kappa shape index (κ3) is 4.74. The minimum atomic E-state index is -1.10. The van der Waals surface area contributed by atoms with Gasteiger partial charge in [0.05, 0.1) is 5.69 Å². The third-order valence-electron chi connectivity index (χ3n) is 3.83. The van der Waals surface area contributed by atoms with E-state index in [0.717, 1.165) is 5.56 Å². The van der Waals surface area contributed by atoms with Gasteiger partial charge in [-0.3, -0.25) is 9.59 Å². The van der Waals surface area contributed by atoms with Crippen LogP contribution in [0.1, 0.15) is 13.8 Å². The molecule has 0 bridgehead atoms. The van der Waals surface area contributed by atoms with Crippen LogP contribution in [0.4, 0.5) is 5.69 Å². The fourth-order valence-corrected chi connectivity index (χ4v) is 2.51. The molecule has 6 nitrogen and oxygen atoms in total. The minimum absolute atomic E-state index is 0.274. The number of hydrogen-bond acceptors (Lipinski definition) is 4. The molecular weight excluding hydrogens is 366 g/mol. The fourth-order valence-electron chi connectivity index (χ4n) is 2.39. The smallest absolute Gasteiger partial charge is 0.267 e. The first-order valence-corrected chi connectivity index (χ1v) is 8.63. The van der Waals surface area contributed by atoms with Crippen LogP contribution in [0.25, 0.3) is 11.3 Å². The Bertz CT molecular complexity index is 993. The molecule has 0 spiro atoms. The number of H-pyrrole nitrogens is 1. The summed E-state index contributed by atoms with van der Waals surface area (Å²) in [6, 6.07) is 17.0. The van der Waals surface area contributed by atoms with E-state index in [2.05, 4.69) is 15.5 Å². The number of rotatable bonds is 5. The highest BCUT2D eigenvalue weighted by molar-refractivity contribution is 6.30. The molecule has 0 unspecified atom stereocenters. The second-order valence-electron chi connectivity index (χ2n) is 6.41. The van der Waals surface area contributed by atoms with E-state index in [1.807, 2.05) is 6.07 Å². The lowest BCUT2D eigenvalue weighted by molar-refractivity contribution is -0.128. The molecule has 0 aliphatic heterocycles. The Morgan fingerprint density at radius 1 is 1.11 bits per heavy atom. The molecule has 1 amide bonds. The van der Waals surface area contributed by atoms with Crippen molar-refractivity contribution in [2.45, 2.75) is 19.4 Å². The Hall–Kier alpha value is -3.12. The molecule has 3 aromatic rings. The molecule has 0 fully saturated rings. The van der Waals surface area contributed by atoms with Crippen molar-refractivity contribution in [2.24, 2.45) is 0 Å². The largest absolute Gasteiger partial charge is 0.478 e. The average Bonchev–Trinajstić information content (AvgIpc) is 2.64. The standard InChI is InChI=1S/C20H18ClN3O3/c1-20(2,27-16-8-6-14(21)7-9-16)19(26)22-15-5-3-4-13(12-15)17-10-11-18(25)24-23-17/h3-12H,1-2H3,(H,22,26)(H,24,25). The maximum absolute atomic E-state index is 12.7. The highest BCUT2D eigenvalue weighted by atomic mass is 35.5. The molecule has 138 valence electrons. The van der Waals surface area contributed by atoms with Gasteiger partial charge in [-0.05, 0) is 56.3 Å². The number of halogens is 1. The molecule has 2 aromatic carbocycles. The van der Waals surface area contributed by atoms with E-state index in [-0.39, 0.29) is 11.5 Å². The summed E-state index contributed by atoms with van der Waals surface area (Å²) in [5.41, 5.74) is 0.588. The van der Waals surface area contributed by atoms with Gasteiger partial charge >= 0.3 is 0 Å². The molecule has 0 atom stereocenters. The molecule has 0 aliphatic rings. The lowest BCUT2D eigenvalue weighted by atomic mass is 10.1. The molecule has 0 aliphatic carbocycles. The number of ether oxygens (including phenoxy) is 1.